The molecule has 0 bridgehead atoms. The molecule has 1 atom stereocenters. The monoisotopic (exact) mass is 259 g/mol. The zero-order valence-corrected chi connectivity index (χ0v) is 11.3. The summed E-state index contributed by atoms with van der Waals surface area (Å²) >= 11 is 0. The van der Waals surface area contributed by atoms with Gasteiger partial charge < -0.3 is 15.1 Å². The highest BCUT2D eigenvalue weighted by atomic mass is 16.4. The van der Waals surface area contributed by atoms with E-state index >= 15 is 0 Å². The van der Waals surface area contributed by atoms with Crippen LogP contribution in [0.1, 0.15) is 34.1 Å². The van der Waals surface area contributed by atoms with Crippen LogP contribution in [-0.4, -0.2) is 46.0 Å². The van der Waals surface area contributed by atoms with E-state index in [4.69, 9.17) is 10.2 Å². The van der Waals surface area contributed by atoms with E-state index in [0.717, 1.165) is 0 Å². The fourth-order valence-corrected chi connectivity index (χ4v) is 1.39. The number of carbonyl (C=O) groups excluding carboxylic acids is 1. The maximum absolute atomic E-state index is 12.1. The Balaban J connectivity index is 4.77. The predicted molar refractivity (Wildman–Crippen MR) is 65.1 cm³/mol. The molecule has 0 aliphatic rings. The van der Waals surface area contributed by atoms with Crippen molar-refractivity contribution in [2.75, 3.05) is 13.1 Å². The summed E-state index contributed by atoms with van der Waals surface area (Å²) in [6, 6.07) is 0. The minimum absolute atomic E-state index is 0.0265. The number of rotatable bonds is 6. The van der Waals surface area contributed by atoms with Gasteiger partial charge in [-0.05, 0) is 0 Å². The van der Waals surface area contributed by atoms with Gasteiger partial charge in [0.25, 0.3) is 0 Å². The highest BCUT2D eigenvalue weighted by Crippen LogP contribution is 2.18. The Morgan fingerprint density at radius 3 is 2.00 bits per heavy atom. The lowest BCUT2D eigenvalue weighted by molar-refractivity contribution is -0.146. The maximum atomic E-state index is 12.1. The molecule has 0 fully saturated rings. The second-order valence-electron chi connectivity index (χ2n) is 5.38. The highest BCUT2D eigenvalue weighted by molar-refractivity contribution is 5.82. The summed E-state index contributed by atoms with van der Waals surface area (Å²) in [5.74, 6) is -2.97. The lowest BCUT2D eigenvalue weighted by Crippen LogP contribution is -2.44. The molecule has 1 amide bonds. The summed E-state index contributed by atoms with van der Waals surface area (Å²) in [5.41, 5.74) is -0.656. The number of hydrogen-bond acceptors (Lipinski definition) is 3. The summed E-state index contributed by atoms with van der Waals surface area (Å²) < 4.78 is 0. The summed E-state index contributed by atoms with van der Waals surface area (Å²) in [6.07, 6.45) is -0.186. The molecule has 0 saturated carbocycles. The Labute approximate surface area is 107 Å². The van der Waals surface area contributed by atoms with Crippen LogP contribution in [0, 0.1) is 11.3 Å². The van der Waals surface area contributed by atoms with Crippen LogP contribution in [0.15, 0.2) is 0 Å². The van der Waals surface area contributed by atoms with Crippen molar-refractivity contribution in [3.63, 3.8) is 0 Å². The molecule has 1 unspecified atom stereocenters. The Morgan fingerprint density at radius 2 is 1.67 bits per heavy atom. The van der Waals surface area contributed by atoms with Gasteiger partial charge in [-0.2, -0.15) is 0 Å². The van der Waals surface area contributed by atoms with Crippen LogP contribution in [0.25, 0.3) is 0 Å². The smallest absolute Gasteiger partial charge is 0.308 e. The number of carbonyl (C=O) groups is 3. The lowest BCUT2D eigenvalue weighted by atomic mass is 9.94. The molecule has 0 spiro atoms. The SMILES string of the molecule is CC(CN(CCC(=O)O)C(=O)C(C)(C)C)C(=O)O. The van der Waals surface area contributed by atoms with E-state index in [1.54, 1.807) is 20.8 Å². The second kappa shape index (κ2) is 6.37. The molecule has 0 radical (unpaired) electrons. The third-order valence-corrected chi connectivity index (χ3v) is 2.44. The Morgan fingerprint density at radius 1 is 1.17 bits per heavy atom. The fourth-order valence-electron chi connectivity index (χ4n) is 1.39. The summed E-state index contributed by atoms with van der Waals surface area (Å²) in [5, 5.41) is 17.5. The molecule has 0 aliphatic carbocycles. The largest absolute Gasteiger partial charge is 0.481 e. The number of amides is 1. The van der Waals surface area contributed by atoms with Gasteiger partial charge in [0, 0.05) is 18.5 Å². The zero-order valence-electron chi connectivity index (χ0n) is 11.3. The van der Waals surface area contributed by atoms with Crippen molar-refractivity contribution in [1.82, 2.24) is 4.90 Å². The number of hydrogen-bond donors (Lipinski definition) is 2. The van der Waals surface area contributed by atoms with Crippen molar-refractivity contribution in [2.24, 2.45) is 11.3 Å². The normalized spacial score (nSPS) is 12.9. The molecule has 6 heteroatoms. The van der Waals surface area contributed by atoms with Gasteiger partial charge >= 0.3 is 11.9 Å². The first kappa shape index (κ1) is 16.4. The van der Waals surface area contributed by atoms with Crippen molar-refractivity contribution in [3.05, 3.63) is 0 Å². The van der Waals surface area contributed by atoms with Crippen LogP contribution in [0.3, 0.4) is 0 Å². The lowest BCUT2D eigenvalue weighted by Gasteiger charge is -2.30. The fraction of sp³-hybridized carbons (Fsp3) is 0.750. The van der Waals surface area contributed by atoms with Crippen molar-refractivity contribution in [1.29, 1.82) is 0 Å². The molecule has 0 rings (SSSR count). The van der Waals surface area contributed by atoms with E-state index < -0.39 is 23.3 Å². The van der Waals surface area contributed by atoms with Crippen molar-refractivity contribution < 1.29 is 24.6 Å². The first-order valence-electron chi connectivity index (χ1n) is 5.79. The molecule has 0 aliphatic heterocycles. The molecule has 2 N–H and O–H groups in total. The van der Waals surface area contributed by atoms with E-state index in [9.17, 15) is 14.4 Å². The van der Waals surface area contributed by atoms with Gasteiger partial charge in [-0.1, -0.05) is 27.7 Å². The third-order valence-electron chi connectivity index (χ3n) is 2.44. The minimum atomic E-state index is -1.01. The average Bonchev–Trinajstić information content (AvgIpc) is 2.20. The molecule has 0 aromatic rings. The Hall–Kier alpha value is -1.59. The van der Waals surface area contributed by atoms with Crippen LogP contribution in [-0.2, 0) is 14.4 Å². The van der Waals surface area contributed by atoms with Crippen LogP contribution in [0.5, 0.6) is 0 Å². The van der Waals surface area contributed by atoms with E-state index in [0.29, 0.717) is 0 Å². The van der Waals surface area contributed by atoms with Gasteiger partial charge in [0.2, 0.25) is 5.91 Å². The Bertz CT molecular complexity index is 332. The van der Waals surface area contributed by atoms with Gasteiger partial charge in [0.05, 0.1) is 12.3 Å². The highest BCUT2D eigenvalue weighted by Gasteiger charge is 2.29. The molecule has 0 aromatic heterocycles. The van der Waals surface area contributed by atoms with Gasteiger partial charge in [-0.25, -0.2) is 0 Å². The van der Waals surface area contributed by atoms with E-state index in [2.05, 4.69) is 0 Å². The zero-order chi connectivity index (χ0) is 14.5. The minimum Gasteiger partial charge on any atom is -0.481 e. The Kier molecular flexibility index (Phi) is 5.81. The quantitative estimate of drug-likeness (QED) is 0.743. The van der Waals surface area contributed by atoms with Crippen LogP contribution >= 0.6 is 0 Å². The van der Waals surface area contributed by atoms with Crippen molar-refractivity contribution in [2.45, 2.75) is 34.1 Å². The van der Waals surface area contributed by atoms with Crippen molar-refractivity contribution >= 4 is 17.8 Å². The first-order valence-corrected chi connectivity index (χ1v) is 5.79. The summed E-state index contributed by atoms with van der Waals surface area (Å²) in [6.45, 7) is 6.70. The predicted octanol–water partition coefficient (Wildman–Crippen LogP) is 1.06. The third kappa shape index (κ3) is 5.65. The van der Waals surface area contributed by atoms with Crippen molar-refractivity contribution in [3.8, 4) is 0 Å². The topological polar surface area (TPSA) is 94.9 Å². The molecule has 0 heterocycles. The molecule has 18 heavy (non-hydrogen) atoms. The second-order valence-corrected chi connectivity index (χ2v) is 5.38. The van der Waals surface area contributed by atoms with Gasteiger partial charge in [0.1, 0.15) is 0 Å². The van der Waals surface area contributed by atoms with Crippen LogP contribution in [0.4, 0.5) is 0 Å². The average molecular weight is 259 g/mol. The van der Waals surface area contributed by atoms with Gasteiger partial charge in [-0.15, -0.1) is 0 Å². The van der Waals surface area contributed by atoms with E-state index in [1.807, 2.05) is 0 Å². The number of carboxylic acids is 2. The van der Waals surface area contributed by atoms with Gasteiger partial charge in [-0.3, -0.25) is 14.4 Å². The number of carboxylic acid groups (broad SMARTS) is 2. The van der Waals surface area contributed by atoms with Gasteiger partial charge in [0.15, 0.2) is 0 Å². The van der Waals surface area contributed by atoms with E-state index in [1.165, 1.54) is 11.8 Å². The molecular weight excluding hydrogens is 238 g/mol. The molecule has 6 nitrogen and oxygen atoms in total. The first-order chi connectivity index (χ1) is 8.05. The van der Waals surface area contributed by atoms with Crippen LogP contribution in [0.2, 0.25) is 0 Å². The number of aliphatic carboxylic acids is 2. The summed E-state index contributed by atoms with van der Waals surface area (Å²) in [7, 11) is 0. The molecule has 0 saturated heterocycles. The molecule has 104 valence electrons. The molecule has 0 aromatic carbocycles. The standard InChI is InChI=1S/C12H21NO5/c1-8(10(16)17)7-13(6-5-9(14)15)11(18)12(2,3)4/h8H,5-7H2,1-4H3,(H,14,15)(H,16,17). The maximum Gasteiger partial charge on any atom is 0.308 e. The van der Waals surface area contributed by atoms with E-state index in [-0.39, 0.29) is 25.4 Å². The molecular formula is C12H21NO5. The number of nitrogens with zero attached hydrogens (tertiary/aromatic N) is 1. The van der Waals surface area contributed by atoms with Crippen LogP contribution < -0.4 is 0 Å². The summed E-state index contributed by atoms with van der Waals surface area (Å²) in [4.78, 5) is 34.7.